The van der Waals surface area contributed by atoms with E-state index < -0.39 is 0 Å². The number of benzene rings is 1. The van der Waals surface area contributed by atoms with Crippen LogP contribution in [0.25, 0.3) is 0 Å². The fourth-order valence-electron chi connectivity index (χ4n) is 1.50. The van der Waals surface area contributed by atoms with Crippen molar-refractivity contribution in [2.45, 2.75) is 13.3 Å². The van der Waals surface area contributed by atoms with Gasteiger partial charge in [0.1, 0.15) is 5.75 Å². The van der Waals surface area contributed by atoms with Crippen molar-refractivity contribution in [3.05, 3.63) is 24.3 Å². The lowest BCUT2D eigenvalue weighted by Crippen LogP contribution is -2.22. The van der Waals surface area contributed by atoms with Gasteiger partial charge in [-0.3, -0.25) is 0 Å². The molecule has 16 heavy (non-hydrogen) atoms. The molecule has 0 fully saturated rings. The second-order valence-electron chi connectivity index (χ2n) is 4.25. The highest BCUT2D eigenvalue weighted by atomic mass is 16.5. The Labute approximate surface area is 98.2 Å². The van der Waals surface area contributed by atoms with Crippen LogP contribution in [0.5, 0.6) is 5.75 Å². The molecule has 3 heteroatoms. The van der Waals surface area contributed by atoms with E-state index in [1.807, 2.05) is 12.1 Å². The molecular formula is C13H22N2O. The summed E-state index contributed by atoms with van der Waals surface area (Å²) >= 11 is 0. The van der Waals surface area contributed by atoms with E-state index >= 15 is 0 Å². The molecule has 0 spiro atoms. The molecule has 1 unspecified atom stereocenters. The maximum Gasteiger partial charge on any atom is 0.119 e. The molecule has 0 saturated heterocycles. The predicted molar refractivity (Wildman–Crippen MR) is 69.1 cm³/mol. The standard InChI is InChI=1S/C13H22N2O/c1-11(10-14)8-9-15(2)12-4-6-13(16-3)7-5-12/h4-7,11H,8-10,14H2,1-3H3. The van der Waals surface area contributed by atoms with E-state index in [2.05, 4.69) is 31.0 Å². The van der Waals surface area contributed by atoms with Gasteiger partial charge in [0.15, 0.2) is 0 Å². The molecular weight excluding hydrogens is 200 g/mol. The van der Waals surface area contributed by atoms with Gasteiger partial charge in [-0.2, -0.15) is 0 Å². The molecule has 0 aliphatic carbocycles. The molecule has 0 radical (unpaired) electrons. The van der Waals surface area contributed by atoms with E-state index in [4.69, 9.17) is 10.5 Å². The van der Waals surface area contributed by atoms with Crippen LogP contribution in [0.1, 0.15) is 13.3 Å². The first kappa shape index (κ1) is 12.8. The molecule has 0 bridgehead atoms. The lowest BCUT2D eigenvalue weighted by Gasteiger charge is -2.21. The summed E-state index contributed by atoms with van der Waals surface area (Å²) in [4.78, 5) is 2.24. The van der Waals surface area contributed by atoms with Crippen molar-refractivity contribution in [1.29, 1.82) is 0 Å². The SMILES string of the molecule is COc1ccc(N(C)CCC(C)CN)cc1. The van der Waals surface area contributed by atoms with E-state index in [1.165, 1.54) is 5.69 Å². The second kappa shape index (κ2) is 6.38. The average molecular weight is 222 g/mol. The molecule has 2 N–H and O–H groups in total. The number of anilines is 1. The zero-order chi connectivity index (χ0) is 12.0. The van der Waals surface area contributed by atoms with Gasteiger partial charge < -0.3 is 15.4 Å². The molecule has 0 aromatic heterocycles. The second-order valence-corrected chi connectivity index (χ2v) is 4.25. The molecule has 0 heterocycles. The minimum Gasteiger partial charge on any atom is -0.497 e. The van der Waals surface area contributed by atoms with Crippen LogP contribution in [0.3, 0.4) is 0 Å². The zero-order valence-electron chi connectivity index (χ0n) is 10.4. The Hall–Kier alpha value is -1.22. The van der Waals surface area contributed by atoms with Gasteiger partial charge in [0, 0.05) is 19.3 Å². The minimum atomic E-state index is 0.584. The molecule has 90 valence electrons. The maximum atomic E-state index is 5.60. The molecule has 1 aromatic rings. The lowest BCUT2D eigenvalue weighted by molar-refractivity contribution is 0.415. The number of hydrogen-bond acceptors (Lipinski definition) is 3. The highest BCUT2D eigenvalue weighted by Gasteiger charge is 2.04. The Morgan fingerprint density at radius 2 is 1.94 bits per heavy atom. The van der Waals surface area contributed by atoms with Crippen molar-refractivity contribution >= 4 is 5.69 Å². The average Bonchev–Trinajstić information content (AvgIpc) is 2.35. The summed E-state index contributed by atoms with van der Waals surface area (Å²) in [6, 6.07) is 8.12. The first-order valence-corrected chi connectivity index (χ1v) is 5.72. The smallest absolute Gasteiger partial charge is 0.119 e. The van der Waals surface area contributed by atoms with E-state index in [0.717, 1.165) is 25.3 Å². The molecule has 1 atom stereocenters. The van der Waals surface area contributed by atoms with Crippen molar-refractivity contribution < 1.29 is 4.74 Å². The van der Waals surface area contributed by atoms with E-state index in [-0.39, 0.29) is 0 Å². The van der Waals surface area contributed by atoms with E-state index in [9.17, 15) is 0 Å². The van der Waals surface area contributed by atoms with Gasteiger partial charge in [0.05, 0.1) is 7.11 Å². The quantitative estimate of drug-likeness (QED) is 0.801. The molecule has 3 nitrogen and oxygen atoms in total. The monoisotopic (exact) mass is 222 g/mol. The fraction of sp³-hybridized carbons (Fsp3) is 0.538. The van der Waals surface area contributed by atoms with Gasteiger partial charge in [-0.05, 0) is 43.1 Å². The Balaban J connectivity index is 2.49. The third-order valence-electron chi connectivity index (χ3n) is 2.87. The number of methoxy groups -OCH3 is 1. The predicted octanol–water partition coefficient (Wildman–Crippen LogP) is 2.12. The van der Waals surface area contributed by atoms with Crippen molar-refractivity contribution in [1.82, 2.24) is 0 Å². The lowest BCUT2D eigenvalue weighted by atomic mass is 10.1. The van der Waals surface area contributed by atoms with Crippen LogP contribution in [0.2, 0.25) is 0 Å². The summed E-state index contributed by atoms with van der Waals surface area (Å²) in [6.45, 7) is 3.98. The first-order valence-electron chi connectivity index (χ1n) is 5.72. The largest absolute Gasteiger partial charge is 0.497 e. The number of rotatable bonds is 6. The summed E-state index contributed by atoms with van der Waals surface area (Å²) in [7, 11) is 3.78. The summed E-state index contributed by atoms with van der Waals surface area (Å²) < 4.78 is 5.13. The Bertz CT molecular complexity index is 297. The van der Waals surface area contributed by atoms with Gasteiger partial charge in [0.25, 0.3) is 0 Å². The first-order chi connectivity index (χ1) is 7.67. The molecule has 0 aliphatic heterocycles. The summed E-state index contributed by atoms with van der Waals surface area (Å²) in [5, 5.41) is 0. The fourth-order valence-corrected chi connectivity index (χ4v) is 1.50. The Kier molecular flexibility index (Phi) is 5.12. The van der Waals surface area contributed by atoms with Crippen molar-refractivity contribution in [2.75, 3.05) is 32.1 Å². The van der Waals surface area contributed by atoms with Gasteiger partial charge in [0.2, 0.25) is 0 Å². The topological polar surface area (TPSA) is 38.5 Å². The van der Waals surface area contributed by atoms with Crippen molar-refractivity contribution in [3.63, 3.8) is 0 Å². The van der Waals surface area contributed by atoms with Gasteiger partial charge >= 0.3 is 0 Å². The van der Waals surface area contributed by atoms with Crippen molar-refractivity contribution in [3.8, 4) is 5.75 Å². The summed E-state index contributed by atoms with van der Waals surface area (Å²) in [5.74, 6) is 1.48. The molecule has 1 aromatic carbocycles. The van der Waals surface area contributed by atoms with Crippen LogP contribution in [0.15, 0.2) is 24.3 Å². The van der Waals surface area contributed by atoms with E-state index in [0.29, 0.717) is 5.92 Å². The van der Waals surface area contributed by atoms with E-state index in [1.54, 1.807) is 7.11 Å². The van der Waals surface area contributed by atoms with Crippen LogP contribution in [-0.4, -0.2) is 27.2 Å². The molecule has 1 rings (SSSR count). The minimum absolute atomic E-state index is 0.584. The van der Waals surface area contributed by atoms with Crippen LogP contribution in [0, 0.1) is 5.92 Å². The van der Waals surface area contributed by atoms with Crippen LogP contribution in [-0.2, 0) is 0 Å². The molecule has 0 amide bonds. The number of ether oxygens (including phenoxy) is 1. The van der Waals surface area contributed by atoms with Gasteiger partial charge in [-0.15, -0.1) is 0 Å². The van der Waals surface area contributed by atoms with Gasteiger partial charge in [-0.1, -0.05) is 6.92 Å². The van der Waals surface area contributed by atoms with Crippen LogP contribution < -0.4 is 15.4 Å². The maximum absolute atomic E-state index is 5.60. The number of nitrogens with two attached hydrogens (primary N) is 1. The van der Waals surface area contributed by atoms with Crippen LogP contribution >= 0.6 is 0 Å². The molecule has 0 aliphatic rings. The summed E-state index contributed by atoms with van der Waals surface area (Å²) in [5.41, 5.74) is 6.81. The third kappa shape index (κ3) is 3.74. The zero-order valence-corrected chi connectivity index (χ0v) is 10.4. The van der Waals surface area contributed by atoms with Crippen LogP contribution in [0.4, 0.5) is 5.69 Å². The highest BCUT2D eigenvalue weighted by molar-refractivity contribution is 5.48. The number of hydrogen-bond donors (Lipinski definition) is 1. The summed E-state index contributed by atoms with van der Waals surface area (Å²) in [6.07, 6.45) is 1.12. The highest BCUT2D eigenvalue weighted by Crippen LogP contribution is 2.18. The number of nitrogens with zero attached hydrogens (tertiary/aromatic N) is 1. The van der Waals surface area contributed by atoms with Crippen molar-refractivity contribution in [2.24, 2.45) is 11.7 Å². The normalized spacial score (nSPS) is 12.2. The Morgan fingerprint density at radius 1 is 1.31 bits per heavy atom. The Morgan fingerprint density at radius 3 is 2.44 bits per heavy atom. The van der Waals surface area contributed by atoms with Gasteiger partial charge in [-0.25, -0.2) is 0 Å². The molecule has 0 saturated carbocycles. The third-order valence-corrected chi connectivity index (χ3v) is 2.87.